The fourth-order valence-electron chi connectivity index (χ4n) is 4.27. The number of Topliss-reactive ketones (excluding diaryl/α,β-unsaturated/α-hetero) is 1. The Morgan fingerprint density at radius 2 is 2.22 bits per heavy atom. The first-order valence-electron chi connectivity index (χ1n) is 6.60. The number of aliphatic hydroxyl groups is 1. The summed E-state index contributed by atoms with van der Waals surface area (Å²) in [4.78, 5) is 18.0. The van der Waals surface area contributed by atoms with Gasteiger partial charge in [0.15, 0.2) is 0 Å². The molecule has 1 N–H and O–H groups in total. The molecule has 4 unspecified atom stereocenters. The number of nitrogens with zero attached hydrogens (tertiary/aromatic N) is 2. The molecule has 0 radical (unpaired) electrons. The molecule has 0 spiro atoms. The summed E-state index contributed by atoms with van der Waals surface area (Å²) in [5.74, 6) is 0.707. The van der Waals surface area contributed by atoms with Gasteiger partial charge in [0, 0.05) is 24.8 Å². The van der Waals surface area contributed by atoms with E-state index in [-0.39, 0.29) is 16.9 Å². The van der Waals surface area contributed by atoms with Gasteiger partial charge in [-0.25, -0.2) is 4.99 Å². The Bertz CT molecular complexity index is 455. The second-order valence-corrected chi connectivity index (χ2v) is 6.33. The van der Waals surface area contributed by atoms with Gasteiger partial charge in [-0.1, -0.05) is 20.8 Å². The number of aliphatic imine (C=N–C) groups is 1. The number of rotatable bonds is 1. The van der Waals surface area contributed by atoms with Crippen molar-refractivity contribution in [2.24, 2.45) is 22.2 Å². The van der Waals surface area contributed by atoms with Gasteiger partial charge in [0.2, 0.25) is 6.35 Å². The van der Waals surface area contributed by atoms with E-state index in [4.69, 9.17) is 0 Å². The standard InChI is InChI=1S/C14H20N2O2/c1-9-11(17)7-10-8-14(9,13(10,2)3)16-6-4-5-15-12(16)18/h4-6,9-10,12,18H,7-8H2,1-3H3. The van der Waals surface area contributed by atoms with Gasteiger partial charge in [0.05, 0.1) is 5.54 Å². The predicted octanol–water partition coefficient (Wildman–Crippen LogP) is 1.56. The Labute approximate surface area is 107 Å². The largest absolute Gasteiger partial charge is 0.355 e. The summed E-state index contributed by atoms with van der Waals surface area (Å²) in [6, 6.07) is 0. The van der Waals surface area contributed by atoms with E-state index in [0.717, 1.165) is 6.42 Å². The van der Waals surface area contributed by atoms with Gasteiger partial charge >= 0.3 is 0 Å². The van der Waals surface area contributed by atoms with Crippen molar-refractivity contribution in [3.8, 4) is 0 Å². The fraction of sp³-hybridized carbons (Fsp3) is 0.714. The first-order chi connectivity index (χ1) is 8.41. The molecule has 4 rings (SSSR count). The monoisotopic (exact) mass is 248 g/mol. The highest BCUT2D eigenvalue weighted by Crippen LogP contribution is 2.66. The number of allylic oxidation sites excluding steroid dienone is 1. The zero-order chi connectivity index (χ0) is 13.1. The highest BCUT2D eigenvalue weighted by molar-refractivity contribution is 5.85. The number of carbonyl (C=O) groups is 1. The van der Waals surface area contributed by atoms with Crippen LogP contribution in [0.5, 0.6) is 0 Å². The smallest absolute Gasteiger partial charge is 0.225 e. The van der Waals surface area contributed by atoms with E-state index in [9.17, 15) is 9.90 Å². The molecule has 0 amide bonds. The molecule has 4 aliphatic rings. The van der Waals surface area contributed by atoms with Crippen LogP contribution in [-0.2, 0) is 4.79 Å². The van der Waals surface area contributed by atoms with E-state index in [2.05, 4.69) is 18.8 Å². The first kappa shape index (κ1) is 11.9. The third kappa shape index (κ3) is 1.14. The third-order valence-corrected chi connectivity index (χ3v) is 5.60. The summed E-state index contributed by atoms with van der Waals surface area (Å²) in [5, 5.41) is 10.1. The van der Waals surface area contributed by atoms with Crippen molar-refractivity contribution in [3.05, 3.63) is 12.3 Å². The molecule has 1 heterocycles. The molecule has 0 aromatic carbocycles. The maximum Gasteiger partial charge on any atom is 0.225 e. The lowest BCUT2D eigenvalue weighted by Crippen LogP contribution is -2.77. The van der Waals surface area contributed by atoms with Crippen molar-refractivity contribution in [1.82, 2.24) is 4.90 Å². The summed E-state index contributed by atoms with van der Waals surface area (Å²) in [6.45, 7) is 6.42. The van der Waals surface area contributed by atoms with Crippen molar-refractivity contribution in [2.45, 2.75) is 45.5 Å². The van der Waals surface area contributed by atoms with Crippen LogP contribution >= 0.6 is 0 Å². The number of hydrogen-bond acceptors (Lipinski definition) is 4. The van der Waals surface area contributed by atoms with E-state index in [1.54, 1.807) is 6.21 Å². The molecule has 98 valence electrons. The molecule has 4 atom stereocenters. The van der Waals surface area contributed by atoms with E-state index in [1.807, 2.05) is 24.1 Å². The van der Waals surface area contributed by atoms with Gasteiger partial charge in [-0.05, 0) is 23.8 Å². The topological polar surface area (TPSA) is 52.9 Å². The Morgan fingerprint density at radius 1 is 1.50 bits per heavy atom. The van der Waals surface area contributed by atoms with Gasteiger partial charge in [0.25, 0.3) is 0 Å². The molecule has 2 bridgehead atoms. The molecular formula is C14H20N2O2. The predicted molar refractivity (Wildman–Crippen MR) is 68.9 cm³/mol. The molecule has 1 aliphatic heterocycles. The third-order valence-electron chi connectivity index (χ3n) is 5.60. The number of hydrogen-bond donors (Lipinski definition) is 1. The van der Waals surface area contributed by atoms with E-state index < -0.39 is 6.35 Å². The van der Waals surface area contributed by atoms with Crippen LogP contribution in [-0.4, -0.2) is 33.9 Å². The van der Waals surface area contributed by atoms with Gasteiger partial charge in [-0.15, -0.1) is 0 Å². The Kier molecular flexibility index (Phi) is 2.28. The summed E-state index contributed by atoms with van der Waals surface area (Å²) in [6.07, 6.45) is 6.12. The molecule has 4 nitrogen and oxygen atoms in total. The van der Waals surface area contributed by atoms with Crippen LogP contribution in [0.15, 0.2) is 17.3 Å². The molecule has 3 fully saturated rings. The van der Waals surface area contributed by atoms with Gasteiger partial charge in [-0.2, -0.15) is 0 Å². The molecule has 18 heavy (non-hydrogen) atoms. The quantitative estimate of drug-likeness (QED) is 0.766. The second-order valence-electron chi connectivity index (χ2n) is 6.33. The summed E-state index contributed by atoms with van der Waals surface area (Å²) < 4.78 is 0. The zero-order valence-corrected chi connectivity index (χ0v) is 11.1. The van der Waals surface area contributed by atoms with Crippen molar-refractivity contribution in [1.29, 1.82) is 0 Å². The minimum atomic E-state index is -0.858. The summed E-state index contributed by atoms with van der Waals surface area (Å²) in [5.41, 5.74) is -0.237. The van der Waals surface area contributed by atoms with Gasteiger partial charge in [-0.3, -0.25) is 4.79 Å². The minimum Gasteiger partial charge on any atom is -0.355 e. The normalized spacial score (nSPS) is 45.0. The molecule has 0 saturated heterocycles. The van der Waals surface area contributed by atoms with Crippen LogP contribution in [0, 0.1) is 17.3 Å². The van der Waals surface area contributed by atoms with Crippen LogP contribution in [0.4, 0.5) is 0 Å². The molecular weight excluding hydrogens is 228 g/mol. The first-order valence-corrected chi connectivity index (χ1v) is 6.60. The molecule has 3 saturated carbocycles. The molecule has 0 aromatic heterocycles. The van der Waals surface area contributed by atoms with Gasteiger partial charge < -0.3 is 10.0 Å². The van der Waals surface area contributed by atoms with Crippen LogP contribution in [0.2, 0.25) is 0 Å². The SMILES string of the molecule is CC1C(=O)CC2CC1(N1C=CC=NC1O)C2(C)C. The number of ketones is 1. The van der Waals surface area contributed by atoms with E-state index >= 15 is 0 Å². The average molecular weight is 248 g/mol. The number of fused-ring (bicyclic) bond motifs is 2. The molecule has 0 aromatic rings. The van der Waals surface area contributed by atoms with Crippen molar-refractivity contribution in [3.63, 3.8) is 0 Å². The van der Waals surface area contributed by atoms with E-state index in [1.165, 1.54) is 0 Å². The Balaban J connectivity index is 2.04. The van der Waals surface area contributed by atoms with Crippen molar-refractivity contribution >= 4 is 12.0 Å². The van der Waals surface area contributed by atoms with Gasteiger partial charge in [0.1, 0.15) is 5.78 Å². The van der Waals surface area contributed by atoms with Crippen LogP contribution < -0.4 is 0 Å². The van der Waals surface area contributed by atoms with Crippen molar-refractivity contribution < 1.29 is 9.90 Å². The maximum atomic E-state index is 12.1. The molecule has 4 heteroatoms. The lowest BCUT2D eigenvalue weighted by atomic mass is 9.40. The number of carbonyl (C=O) groups excluding carboxylic acids is 1. The fourth-order valence-corrected chi connectivity index (χ4v) is 4.27. The summed E-state index contributed by atoms with van der Waals surface area (Å²) >= 11 is 0. The van der Waals surface area contributed by atoms with Crippen LogP contribution in [0.1, 0.15) is 33.6 Å². The van der Waals surface area contributed by atoms with E-state index in [0.29, 0.717) is 18.1 Å². The van der Waals surface area contributed by atoms with Crippen molar-refractivity contribution in [2.75, 3.05) is 0 Å². The highest BCUT2D eigenvalue weighted by atomic mass is 16.3. The Morgan fingerprint density at radius 3 is 2.83 bits per heavy atom. The average Bonchev–Trinajstić information content (AvgIpc) is 2.33. The van der Waals surface area contributed by atoms with Crippen LogP contribution in [0.3, 0.4) is 0 Å². The lowest BCUT2D eigenvalue weighted by Gasteiger charge is -2.71. The summed E-state index contributed by atoms with van der Waals surface area (Å²) in [7, 11) is 0. The number of aliphatic hydroxyl groups excluding tert-OH is 1. The van der Waals surface area contributed by atoms with Crippen LogP contribution in [0.25, 0.3) is 0 Å². The zero-order valence-electron chi connectivity index (χ0n) is 11.1. The Hall–Kier alpha value is -1.16. The maximum absolute atomic E-state index is 12.1. The highest BCUT2D eigenvalue weighted by Gasteiger charge is 2.70. The lowest BCUT2D eigenvalue weighted by molar-refractivity contribution is -0.223. The second kappa shape index (κ2) is 3.44. The molecule has 3 aliphatic carbocycles. The minimum absolute atomic E-state index is 0.0402.